The fourth-order valence-corrected chi connectivity index (χ4v) is 1.63. The summed E-state index contributed by atoms with van der Waals surface area (Å²) in [6.45, 7) is 1.53. The van der Waals surface area contributed by atoms with E-state index < -0.39 is 0 Å². The first-order valence-corrected chi connectivity index (χ1v) is 4.86. The van der Waals surface area contributed by atoms with Gasteiger partial charge in [0.2, 0.25) is 0 Å². The first-order chi connectivity index (χ1) is 7.10. The molecule has 0 saturated carbocycles. The zero-order valence-electron chi connectivity index (χ0n) is 8.96. The van der Waals surface area contributed by atoms with Gasteiger partial charge in [0.15, 0.2) is 11.5 Å². The summed E-state index contributed by atoms with van der Waals surface area (Å²) >= 11 is 5.93. The van der Waals surface area contributed by atoms with E-state index >= 15 is 0 Å². The van der Waals surface area contributed by atoms with Crippen LogP contribution in [0.3, 0.4) is 0 Å². The predicted molar refractivity (Wildman–Crippen MR) is 58.9 cm³/mol. The van der Waals surface area contributed by atoms with Crippen molar-refractivity contribution in [1.29, 1.82) is 0 Å². The van der Waals surface area contributed by atoms with Crippen LogP contribution < -0.4 is 9.47 Å². The average Bonchev–Trinajstić information content (AvgIpc) is 2.19. The van der Waals surface area contributed by atoms with E-state index in [2.05, 4.69) is 0 Å². The van der Waals surface area contributed by atoms with Crippen molar-refractivity contribution in [2.45, 2.75) is 13.3 Å². The molecule has 15 heavy (non-hydrogen) atoms. The third kappa shape index (κ3) is 2.63. The number of carbonyl (C=O) groups excluding carboxylic acids is 1. The van der Waals surface area contributed by atoms with E-state index in [-0.39, 0.29) is 5.78 Å². The lowest BCUT2D eigenvalue weighted by Crippen LogP contribution is -2.01. The van der Waals surface area contributed by atoms with Crippen LogP contribution in [-0.4, -0.2) is 20.0 Å². The maximum absolute atomic E-state index is 11.0. The summed E-state index contributed by atoms with van der Waals surface area (Å²) in [6, 6.07) is 3.46. The molecule has 0 aliphatic carbocycles. The van der Waals surface area contributed by atoms with Crippen LogP contribution in [0.15, 0.2) is 12.1 Å². The Balaban J connectivity index is 3.22. The Labute approximate surface area is 93.9 Å². The molecule has 0 aliphatic rings. The average molecular weight is 229 g/mol. The molecule has 0 aliphatic heterocycles. The van der Waals surface area contributed by atoms with E-state index in [1.54, 1.807) is 12.1 Å². The predicted octanol–water partition coefficient (Wildman–Crippen LogP) is 2.49. The quantitative estimate of drug-likeness (QED) is 0.794. The van der Waals surface area contributed by atoms with Gasteiger partial charge in [0.1, 0.15) is 5.78 Å². The number of halogens is 1. The first-order valence-electron chi connectivity index (χ1n) is 4.49. The van der Waals surface area contributed by atoms with Crippen LogP contribution >= 0.6 is 11.6 Å². The minimum absolute atomic E-state index is 0.0673. The van der Waals surface area contributed by atoms with Crippen LogP contribution in [-0.2, 0) is 11.2 Å². The van der Waals surface area contributed by atoms with Gasteiger partial charge in [-0.1, -0.05) is 17.7 Å². The maximum Gasteiger partial charge on any atom is 0.179 e. The zero-order valence-corrected chi connectivity index (χ0v) is 9.72. The van der Waals surface area contributed by atoms with Crippen LogP contribution in [0.2, 0.25) is 5.02 Å². The number of Topliss-reactive ketones (excluding diaryl/α,β-unsaturated/α-hetero) is 1. The lowest BCUT2D eigenvalue weighted by atomic mass is 10.1. The van der Waals surface area contributed by atoms with E-state index in [9.17, 15) is 4.79 Å². The second-order valence-corrected chi connectivity index (χ2v) is 3.56. The molecular weight excluding hydrogens is 216 g/mol. The number of carbonyl (C=O) groups is 1. The van der Waals surface area contributed by atoms with Crippen molar-refractivity contribution < 1.29 is 14.3 Å². The monoisotopic (exact) mass is 228 g/mol. The SMILES string of the molecule is COc1c(Cl)ccc(CC(C)=O)c1OC. The fourth-order valence-electron chi connectivity index (χ4n) is 1.40. The Bertz CT molecular complexity index is 374. The van der Waals surface area contributed by atoms with Crippen molar-refractivity contribution in [3.63, 3.8) is 0 Å². The molecule has 1 rings (SSSR count). The normalized spacial score (nSPS) is 9.87. The molecule has 0 fully saturated rings. The van der Waals surface area contributed by atoms with Gasteiger partial charge in [0.05, 0.1) is 19.2 Å². The maximum atomic E-state index is 11.0. The second kappa shape index (κ2) is 5.03. The van der Waals surface area contributed by atoms with E-state index in [0.29, 0.717) is 22.9 Å². The molecule has 0 radical (unpaired) electrons. The summed E-state index contributed by atoms with van der Waals surface area (Å²) in [6.07, 6.45) is 0.316. The van der Waals surface area contributed by atoms with Gasteiger partial charge in [-0.3, -0.25) is 4.79 Å². The van der Waals surface area contributed by atoms with Crippen molar-refractivity contribution in [2.75, 3.05) is 14.2 Å². The minimum atomic E-state index is 0.0673. The Morgan fingerprint density at radius 1 is 1.27 bits per heavy atom. The molecule has 0 saturated heterocycles. The van der Waals surface area contributed by atoms with Crippen LogP contribution in [0.1, 0.15) is 12.5 Å². The summed E-state index contributed by atoms with van der Waals surface area (Å²) in [5.41, 5.74) is 0.784. The molecule has 0 amide bonds. The number of benzene rings is 1. The van der Waals surface area contributed by atoms with E-state index in [1.165, 1.54) is 21.1 Å². The highest BCUT2D eigenvalue weighted by atomic mass is 35.5. The molecule has 0 aromatic heterocycles. The summed E-state index contributed by atoms with van der Waals surface area (Å²) in [5.74, 6) is 1.07. The summed E-state index contributed by atoms with van der Waals surface area (Å²) in [7, 11) is 3.04. The molecule has 0 spiro atoms. The molecule has 3 nitrogen and oxygen atoms in total. The number of hydrogen-bond donors (Lipinski definition) is 0. The van der Waals surface area contributed by atoms with Crippen molar-refractivity contribution in [3.05, 3.63) is 22.7 Å². The topological polar surface area (TPSA) is 35.5 Å². The Hall–Kier alpha value is -1.22. The number of hydrogen-bond acceptors (Lipinski definition) is 3. The number of methoxy groups -OCH3 is 2. The molecule has 0 atom stereocenters. The summed E-state index contributed by atoms with van der Waals surface area (Å²) in [5, 5.41) is 0.474. The van der Waals surface area contributed by atoms with Gasteiger partial charge in [-0.05, 0) is 13.0 Å². The van der Waals surface area contributed by atoms with Crippen LogP contribution in [0, 0.1) is 0 Å². The molecule has 0 N–H and O–H groups in total. The molecule has 0 bridgehead atoms. The van der Waals surface area contributed by atoms with E-state index in [0.717, 1.165) is 5.56 Å². The van der Waals surface area contributed by atoms with Gasteiger partial charge in [0, 0.05) is 12.0 Å². The lowest BCUT2D eigenvalue weighted by molar-refractivity contribution is -0.116. The standard InChI is InChI=1S/C11H13ClO3/c1-7(13)6-8-4-5-9(12)11(15-3)10(8)14-2/h4-5H,6H2,1-3H3. The van der Waals surface area contributed by atoms with Gasteiger partial charge in [-0.2, -0.15) is 0 Å². The van der Waals surface area contributed by atoms with Crippen molar-refractivity contribution in [2.24, 2.45) is 0 Å². The van der Waals surface area contributed by atoms with E-state index in [4.69, 9.17) is 21.1 Å². The number of ketones is 1. The second-order valence-electron chi connectivity index (χ2n) is 3.15. The van der Waals surface area contributed by atoms with Crippen LogP contribution in [0.4, 0.5) is 0 Å². The summed E-state index contributed by atoms with van der Waals surface area (Å²) < 4.78 is 10.3. The van der Waals surface area contributed by atoms with Gasteiger partial charge < -0.3 is 9.47 Å². The Morgan fingerprint density at radius 2 is 1.87 bits per heavy atom. The van der Waals surface area contributed by atoms with E-state index in [1.807, 2.05) is 0 Å². The van der Waals surface area contributed by atoms with Gasteiger partial charge >= 0.3 is 0 Å². The van der Waals surface area contributed by atoms with Crippen molar-refractivity contribution in [3.8, 4) is 11.5 Å². The molecule has 4 heteroatoms. The third-order valence-electron chi connectivity index (χ3n) is 1.99. The number of ether oxygens (including phenoxy) is 2. The highest BCUT2D eigenvalue weighted by molar-refractivity contribution is 6.32. The van der Waals surface area contributed by atoms with Crippen LogP contribution in [0.25, 0.3) is 0 Å². The van der Waals surface area contributed by atoms with Gasteiger partial charge in [-0.15, -0.1) is 0 Å². The zero-order chi connectivity index (χ0) is 11.4. The van der Waals surface area contributed by atoms with Crippen molar-refractivity contribution in [1.82, 2.24) is 0 Å². The largest absolute Gasteiger partial charge is 0.493 e. The summed E-state index contributed by atoms with van der Waals surface area (Å²) in [4.78, 5) is 11.0. The highest BCUT2D eigenvalue weighted by Crippen LogP contribution is 2.37. The molecule has 82 valence electrons. The fraction of sp³-hybridized carbons (Fsp3) is 0.364. The lowest BCUT2D eigenvalue weighted by Gasteiger charge is -2.12. The van der Waals surface area contributed by atoms with Gasteiger partial charge in [-0.25, -0.2) is 0 Å². The molecular formula is C11H13ClO3. The third-order valence-corrected chi connectivity index (χ3v) is 2.29. The first kappa shape index (κ1) is 11.9. The highest BCUT2D eigenvalue weighted by Gasteiger charge is 2.14. The Morgan fingerprint density at radius 3 is 2.33 bits per heavy atom. The molecule has 0 unspecified atom stereocenters. The minimum Gasteiger partial charge on any atom is -0.493 e. The molecule has 1 aromatic carbocycles. The van der Waals surface area contributed by atoms with Crippen LogP contribution in [0.5, 0.6) is 11.5 Å². The molecule has 1 aromatic rings. The Kier molecular flexibility index (Phi) is 3.97. The number of rotatable bonds is 4. The molecule has 0 heterocycles. The van der Waals surface area contributed by atoms with Crippen molar-refractivity contribution >= 4 is 17.4 Å². The van der Waals surface area contributed by atoms with Gasteiger partial charge in [0.25, 0.3) is 0 Å². The smallest absolute Gasteiger partial charge is 0.179 e.